The zero-order valence-electron chi connectivity index (χ0n) is 13.7. The fourth-order valence-corrected chi connectivity index (χ4v) is 4.14. The Morgan fingerprint density at radius 2 is 2.28 bits per heavy atom. The van der Waals surface area contributed by atoms with Crippen molar-refractivity contribution in [2.24, 2.45) is 0 Å². The summed E-state index contributed by atoms with van der Waals surface area (Å²) in [5.74, 6) is -0.0413. The van der Waals surface area contributed by atoms with Gasteiger partial charge in [0, 0.05) is 18.0 Å². The maximum atomic E-state index is 13.1. The van der Waals surface area contributed by atoms with E-state index in [2.05, 4.69) is 6.58 Å². The lowest BCUT2D eigenvalue weighted by molar-refractivity contribution is -0.135. The lowest BCUT2D eigenvalue weighted by Gasteiger charge is -2.29. The molecule has 3 heterocycles. The van der Waals surface area contributed by atoms with Crippen LogP contribution in [-0.4, -0.2) is 40.7 Å². The fraction of sp³-hybridized carbons (Fsp3) is 0.333. The van der Waals surface area contributed by atoms with Crippen LogP contribution in [0.15, 0.2) is 47.6 Å². The molecule has 0 saturated carbocycles. The number of rotatable bonds is 6. The molecule has 5 nitrogen and oxygen atoms in total. The number of amides is 2. The van der Waals surface area contributed by atoms with Crippen LogP contribution < -0.4 is 0 Å². The highest BCUT2D eigenvalue weighted by Gasteiger charge is 2.37. The summed E-state index contributed by atoms with van der Waals surface area (Å²) in [6.07, 6.45) is 4.62. The van der Waals surface area contributed by atoms with Crippen molar-refractivity contribution in [2.75, 3.05) is 13.1 Å². The van der Waals surface area contributed by atoms with Gasteiger partial charge >= 0.3 is 0 Å². The number of likely N-dealkylation sites (tertiary alicyclic amines) is 1. The Bertz CT molecular complexity index is 756. The van der Waals surface area contributed by atoms with Crippen molar-refractivity contribution in [3.05, 3.63) is 58.2 Å². The van der Waals surface area contributed by atoms with Gasteiger partial charge in [0.2, 0.25) is 5.91 Å². The second-order valence-corrected chi connectivity index (χ2v) is 7.65. The molecule has 0 aromatic carbocycles. The number of hydrogen-bond donors (Lipinski definition) is 0. The predicted molar refractivity (Wildman–Crippen MR) is 97.7 cm³/mol. The molecule has 25 heavy (non-hydrogen) atoms. The Balaban J connectivity index is 1.75. The molecule has 7 heteroatoms. The van der Waals surface area contributed by atoms with Crippen molar-refractivity contribution in [3.8, 4) is 0 Å². The quantitative estimate of drug-likeness (QED) is 0.718. The van der Waals surface area contributed by atoms with Gasteiger partial charge in [-0.15, -0.1) is 17.9 Å². The van der Waals surface area contributed by atoms with Crippen molar-refractivity contribution in [2.45, 2.75) is 25.4 Å². The average molecular weight is 379 g/mol. The number of halogens is 1. The van der Waals surface area contributed by atoms with Crippen LogP contribution in [0, 0.1) is 0 Å². The number of hydrogen-bond acceptors (Lipinski definition) is 4. The molecule has 2 amide bonds. The number of furan rings is 1. The molecular formula is C18H19ClN2O3S. The Morgan fingerprint density at radius 3 is 2.92 bits per heavy atom. The van der Waals surface area contributed by atoms with Gasteiger partial charge in [0.15, 0.2) is 5.76 Å². The second kappa shape index (κ2) is 7.89. The van der Waals surface area contributed by atoms with E-state index in [0.29, 0.717) is 30.4 Å². The zero-order valence-corrected chi connectivity index (χ0v) is 15.3. The topological polar surface area (TPSA) is 53.8 Å². The van der Waals surface area contributed by atoms with Crippen LogP contribution in [0.2, 0.25) is 4.34 Å². The molecule has 0 N–H and O–H groups in total. The molecular weight excluding hydrogens is 360 g/mol. The Hall–Kier alpha value is -2.05. The standard InChI is InChI=1S/C18H19ClN2O3S/c1-2-9-20(12-13-7-8-16(19)25-13)17(22)14-5-3-10-21(14)18(23)15-6-4-11-24-15/h2,4,6-8,11,14H,1,3,5,9-10,12H2. The van der Waals surface area contributed by atoms with E-state index in [4.69, 9.17) is 16.0 Å². The number of nitrogens with zero attached hydrogens (tertiary/aromatic N) is 2. The third-order valence-corrected chi connectivity index (χ3v) is 5.38. The minimum absolute atomic E-state index is 0.0678. The molecule has 3 rings (SSSR count). The predicted octanol–water partition coefficient (Wildman–Crippen LogP) is 3.81. The van der Waals surface area contributed by atoms with Crippen molar-refractivity contribution >= 4 is 34.8 Å². The SMILES string of the molecule is C=CCN(Cc1ccc(Cl)s1)C(=O)C1CCCN1C(=O)c1ccco1. The first-order valence-corrected chi connectivity index (χ1v) is 9.28. The molecule has 0 bridgehead atoms. The van der Waals surface area contributed by atoms with Gasteiger partial charge in [0.1, 0.15) is 6.04 Å². The second-order valence-electron chi connectivity index (χ2n) is 5.85. The first kappa shape index (κ1) is 17.8. The highest BCUT2D eigenvalue weighted by atomic mass is 35.5. The molecule has 1 fully saturated rings. The van der Waals surface area contributed by atoms with Crippen LogP contribution in [0.1, 0.15) is 28.3 Å². The molecule has 132 valence electrons. The van der Waals surface area contributed by atoms with Gasteiger partial charge in [-0.3, -0.25) is 9.59 Å². The molecule has 1 unspecified atom stereocenters. The molecule has 1 atom stereocenters. The summed E-state index contributed by atoms with van der Waals surface area (Å²) in [6, 6.07) is 6.56. The fourth-order valence-electron chi connectivity index (χ4n) is 3.03. The maximum Gasteiger partial charge on any atom is 0.290 e. The monoisotopic (exact) mass is 378 g/mol. The molecule has 2 aromatic rings. The molecule has 1 aliphatic rings. The van der Waals surface area contributed by atoms with Crippen LogP contribution in [0.3, 0.4) is 0 Å². The van der Waals surface area contributed by atoms with Gasteiger partial charge in [-0.05, 0) is 37.1 Å². The summed E-state index contributed by atoms with van der Waals surface area (Å²) in [5, 5.41) is 0. The normalized spacial score (nSPS) is 16.8. The zero-order chi connectivity index (χ0) is 17.8. The van der Waals surface area contributed by atoms with E-state index in [0.717, 1.165) is 11.3 Å². The van der Waals surface area contributed by atoms with Gasteiger partial charge < -0.3 is 14.2 Å². The average Bonchev–Trinajstić information content (AvgIpc) is 3.35. The summed E-state index contributed by atoms with van der Waals surface area (Å²) in [5.41, 5.74) is 0. The minimum atomic E-state index is -0.465. The van der Waals surface area contributed by atoms with E-state index in [-0.39, 0.29) is 17.6 Å². The van der Waals surface area contributed by atoms with E-state index in [1.165, 1.54) is 17.6 Å². The lowest BCUT2D eigenvalue weighted by atomic mass is 10.1. The van der Waals surface area contributed by atoms with Gasteiger partial charge in [0.05, 0.1) is 17.1 Å². The Labute approximate surface area is 155 Å². The van der Waals surface area contributed by atoms with E-state index < -0.39 is 6.04 Å². The van der Waals surface area contributed by atoms with E-state index >= 15 is 0 Å². The number of carbonyl (C=O) groups is 2. The molecule has 0 aliphatic carbocycles. The first-order chi connectivity index (χ1) is 12.1. The Kier molecular flexibility index (Phi) is 5.60. The largest absolute Gasteiger partial charge is 0.459 e. The summed E-state index contributed by atoms with van der Waals surface area (Å²) in [4.78, 5) is 30.0. The van der Waals surface area contributed by atoms with Crippen molar-refractivity contribution in [3.63, 3.8) is 0 Å². The van der Waals surface area contributed by atoms with Crippen molar-refractivity contribution in [1.29, 1.82) is 0 Å². The van der Waals surface area contributed by atoms with Gasteiger partial charge in [-0.25, -0.2) is 0 Å². The summed E-state index contributed by atoms with van der Waals surface area (Å²) in [6.45, 7) is 5.18. The summed E-state index contributed by atoms with van der Waals surface area (Å²) in [7, 11) is 0. The van der Waals surface area contributed by atoms with Gasteiger partial charge in [-0.2, -0.15) is 0 Å². The molecule has 0 radical (unpaired) electrons. The van der Waals surface area contributed by atoms with Gasteiger partial charge in [-0.1, -0.05) is 17.7 Å². The number of carbonyl (C=O) groups excluding carboxylic acids is 2. The first-order valence-electron chi connectivity index (χ1n) is 8.08. The van der Waals surface area contributed by atoms with Crippen molar-refractivity contribution < 1.29 is 14.0 Å². The lowest BCUT2D eigenvalue weighted by Crippen LogP contribution is -2.47. The molecule has 2 aromatic heterocycles. The van der Waals surface area contributed by atoms with Crippen LogP contribution in [-0.2, 0) is 11.3 Å². The van der Waals surface area contributed by atoms with Crippen LogP contribution in [0.25, 0.3) is 0 Å². The van der Waals surface area contributed by atoms with E-state index in [9.17, 15) is 9.59 Å². The summed E-state index contributed by atoms with van der Waals surface area (Å²) < 4.78 is 5.89. The van der Waals surface area contributed by atoms with Crippen molar-refractivity contribution in [1.82, 2.24) is 9.80 Å². The summed E-state index contributed by atoms with van der Waals surface area (Å²) >= 11 is 7.43. The maximum absolute atomic E-state index is 13.1. The van der Waals surface area contributed by atoms with Gasteiger partial charge in [0.25, 0.3) is 5.91 Å². The third-order valence-electron chi connectivity index (χ3n) is 4.17. The van der Waals surface area contributed by atoms with Crippen LogP contribution in [0.5, 0.6) is 0 Å². The molecule has 0 spiro atoms. The van der Waals surface area contributed by atoms with E-state index in [1.807, 2.05) is 12.1 Å². The smallest absolute Gasteiger partial charge is 0.290 e. The van der Waals surface area contributed by atoms with E-state index in [1.54, 1.807) is 28.0 Å². The van der Waals surface area contributed by atoms with Crippen LogP contribution in [0.4, 0.5) is 0 Å². The van der Waals surface area contributed by atoms with Crippen LogP contribution >= 0.6 is 22.9 Å². The third kappa shape index (κ3) is 3.96. The number of thiophene rings is 1. The minimum Gasteiger partial charge on any atom is -0.459 e. The highest BCUT2D eigenvalue weighted by molar-refractivity contribution is 7.16. The highest BCUT2D eigenvalue weighted by Crippen LogP contribution is 2.26. The molecule has 1 saturated heterocycles. The Morgan fingerprint density at radius 1 is 1.44 bits per heavy atom. The molecule has 1 aliphatic heterocycles.